The van der Waals surface area contributed by atoms with Gasteiger partial charge >= 0.3 is 0 Å². The van der Waals surface area contributed by atoms with Gasteiger partial charge < -0.3 is 5.32 Å². The van der Waals surface area contributed by atoms with Gasteiger partial charge in [0.2, 0.25) is 15.9 Å². The Balaban J connectivity index is 1.76. The number of carbonyl (C=O) groups excluding carboxylic acids is 1. The lowest BCUT2D eigenvalue weighted by Gasteiger charge is -2.39. The van der Waals surface area contributed by atoms with Crippen LogP contribution in [0.3, 0.4) is 0 Å². The number of piperazine rings is 1. The van der Waals surface area contributed by atoms with E-state index in [0.717, 1.165) is 13.0 Å². The van der Waals surface area contributed by atoms with Gasteiger partial charge in [-0.3, -0.25) is 9.69 Å². The van der Waals surface area contributed by atoms with E-state index in [2.05, 4.69) is 10.2 Å². The van der Waals surface area contributed by atoms with Crippen LogP contribution in [0.25, 0.3) is 0 Å². The van der Waals surface area contributed by atoms with Gasteiger partial charge in [0.15, 0.2) is 0 Å². The lowest BCUT2D eigenvalue weighted by atomic mass is 10.2. The van der Waals surface area contributed by atoms with E-state index < -0.39 is 15.4 Å². The Kier molecular flexibility index (Phi) is 5.15. The summed E-state index contributed by atoms with van der Waals surface area (Å²) >= 11 is 5.77. The minimum Gasteiger partial charge on any atom is -0.353 e. The molecule has 0 spiro atoms. The monoisotopic (exact) mass is 371 g/mol. The molecule has 0 aliphatic carbocycles. The maximum Gasteiger partial charge on any atom is 0.243 e. The van der Waals surface area contributed by atoms with Crippen LogP contribution in [0.15, 0.2) is 35.2 Å². The van der Waals surface area contributed by atoms with Crippen molar-refractivity contribution in [2.24, 2.45) is 0 Å². The number of halogens is 1. The van der Waals surface area contributed by atoms with Crippen LogP contribution < -0.4 is 5.32 Å². The molecule has 0 radical (unpaired) electrons. The number of alkyl halides is 1. The first-order chi connectivity index (χ1) is 11.4. The zero-order chi connectivity index (χ0) is 17.3. The molecular formula is C16H22ClN3O3S. The summed E-state index contributed by atoms with van der Waals surface area (Å²) in [6.07, 6.45) is 0.822. The van der Waals surface area contributed by atoms with E-state index >= 15 is 0 Å². The van der Waals surface area contributed by atoms with Gasteiger partial charge in [-0.15, -0.1) is 11.6 Å². The molecular weight excluding hydrogens is 350 g/mol. The molecule has 8 heteroatoms. The maximum atomic E-state index is 13.0. The summed E-state index contributed by atoms with van der Waals surface area (Å²) in [5.74, 6) is -0.226. The van der Waals surface area contributed by atoms with Crippen molar-refractivity contribution in [3.8, 4) is 0 Å². The third-order valence-corrected chi connectivity index (χ3v) is 6.86. The molecule has 0 saturated carbocycles. The highest BCUT2D eigenvalue weighted by molar-refractivity contribution is 7.89. The number of benzene rings is 1. The smallest absolute Gasteiger partial charge is 0.243 e. The molecule has 1 aromatic carbocycles. The number of nitrogens with one attached hydrogen (secondary N) is 1. The van der Waals surface area contributed by atoms with Gasteiger partial charge in [-0.2, -0.15) is 4.31 Å². The van der Waals surface area contributed by atoms with Crippen molar-refractivity contribution in [2.75, 3.05) is 26.2 Å². The molecule has 2 saturated heterocycles. The third-order valence-electron chi connectivity index (χ3n) is 4.73. The van der Waals surface area contributed by atoms with Crippen molar-refractivity contribution in [2.45, 2.75) is 35.7 Å². The highest BCUT2D eigenvalue weighted by Crippen LogP contribution is 2.29. The summed E-state index contributed by atoms with van der Waals surface area (Å²) < 4.78 is 27.5. The first-order valence-corrected chi connectivity index (χ1v) is 10.00. The van der Waals surface area contributed by atoms with Crippen molar-refractivity contribution < 1.29 is 13.2 Å². The molecule has 3 rings (SSSR count). The van der Waals surface area contributed by atoms with Crippen LogP contribution in [0.4, 0.5) is 0 Å². The minimum atomic E-state index is -3.52. The van der Waals surface area contributed by atoms with Crippen LogP contribution in [0.5, 0.6) is 0 Å². The van der Waals surface area contributed by atoms with E-state index in [1.807, 2.05) is 0 Å². The molecule has 2 aliphatic rings. The molecule has 2 heterocycles. The summed E-state index contributed by atoms with van der Waals surface area (Å²) in [6, 6.07) is 8.51. The second kappa shape index (κ2) is 7.00. The van der Waals surface area contributed by atoms with Crippen molar-refractivity contribution >= 4 is 27.5 Å². The van der Waals surface area contributed by atoms with E-state index in [9.17, 15) is 13.2 Å². The predicted molar refractivity (Wildman–Crippen MR) is 92.4 cm³/mol. The van der Waals surface area contributed by atoms with Crippen molar-refractivity contribution in [1.82, 2.24) is 14.5 Å². The number of carbonyl (C=O) groups is 1. The third kappa shape index (κ3) is 3.44. The van der Waals surface area contributed by atoms with Gasteiger partial charge in [0.25, 0.3) is 0 Å². The molecule has 4 atom stereocenters. The normalized spacial score (nSPS) is 28.5. The van der Waals surface area contributed by atoms with Gasteiger partial charge in [-0.25, -0.2) is 8.42 Å². The van der Waals surface area contributed by atoms with Crippen LogP contribution in [0.2, 0.25) is 0 Å². The minimum absolute atomic E-state index is 0.00843. The van der Waals surface area contributed by atoms with Gasteiger partial charge in [0.05, 0.1) is 4.90 Å². The van der Waals surface area contributed by atoms with Gasteiger partial charge in [0, 0.05) is 38.3 Å². The summed E-state index contributed by atoms with van der Waals surface area (Å²) in [6.45, 7) is 3.98. The first kappa shape index (κ1) is 17.7. The Bertz CT molecular complexity index is 696. The topological polar surface area (TPSA) is 69.7 Å². The van der Waals surface area contributed by atoms with Crippen molar-refractivity contribution in [3.63, 3.8) is 0 Å². The molecule has 2 aliphatic heterocycles. The predicted octanol–water partition coefficient (Wildman–Crippen LogP) is 0.877. The SMILES string of the molecule is CC(Cl)C(=O)NCC1CN(S(=O)(=O)c2ccccc2)C2CCN1C2. The highest BCUT2D eigenvalue weighted by Gasteiger charge is 2.44. The van der Waals surface area contributed by atoms with E-state index in [1.165, 1.54) is 0 Å². The Labute approximate surface area is 147 Å². The largest absolute Gasteiger partial charge is 0.353 e. The molecule has 1 amide bonds. The Hall–Kier alpha value is -1.15. The van der Waals surface area contributed by atoms with Gasteiger partial charge in [0.1, 0.15) is 5.38 Å². The fraction of sp³-hybridized carbons (Fsp3) is 0.562. The van der Waals surface area contributed by atoms with Crippen LogP contribution in [0.1, 0.15) is 13.3 Å². The van der Waals surface area contributed by atoms with Crippen LogP contribution in [-0.4, -0.2) is 67.2 Å². The fourth-order valence-electron chi connectivity index (χ4n) is 3.38. The zero-order valence-corrected chi connectivity index (χ0v) is 15.1. The first-order valence-electron chi connectivity index (χ1n) is 8.12. The van der Waals surface area contributed by atoms with Gasteiger partial charge in [-0.1, -0.05) is 18.2 Å². The Morgan fingerprint density at radius 1 is 1.33 bits per heavy atom. The number of nitrogens with zero attached hydrogens (tertiary/aromatic N) is 2. The summed E-state index contributed by atoms with van der Waals surface area (Å²) in [4.78, 5) is 14.3. The van der Waals surface area contributed by atoms with Crippen LogP contribution in [-0.2, 0) is 14.8 Å². The number of hydrogen-bond acceptors (Lipinski definition) is 4. The van der Waals surface area contributed by atoms with E-state index in [-0.39, 0.29) is 18.0 Å². The average molecular weight is 372 g/mol. The quantitative estimate of drug-likeness (QED) is 0.780. The Morgan fingerprint density at radius 2 is 2.04 bits per heavy atom. The molecule has 0 aromatic heterocycles. The maximum absolute atomic E-state index is 13.0. The number of hydrogen-bond donors (Lipinski definition) is 1. The van der Waals surface area contributed by atoms with Crippen LogP contribution >= 0.6 is 11.6 Å². The number of rotatable bonds is 5. The number of sulfonamides is 1. The number of fused-ring (bicyclic) bond motifs is 2. The van der Waals surface area contributed by atoms with Gasteiger partial charge in [-0.05, 0) is 25.5 Å². The zero-order valence-electron chi connectivity index (χ0n) is 13.6. The molecule has 1 aromatic rings. The number of amides is 1. The van der Waals surface area contributed by atoms with E-state index in [4.69, 9.17) is 11.6 Å². The fourth-order valence-corrected chi connectivity index (χ4v) is 5.16. The molecule has 1 N–H and O–H groups in total. The molecule has 4 unspecified atom stereocenters. The highest BCUT2D eigenvalue weighted by atomic mass is 35.5. The second-order valence-electron chi connectivity index (χ2n) is 6.34. The average Bonchev–Trinajstić information content (AvgIpc) is 2.98. The summed E-state index contributed by atoms with van der Waals surface area (Å²) in [7, 11) is -3.52. The summed E-state index contributed by atoms with van der Waals surface area (Å²) in [5.41, 5.74) is 0. The standard InChI is InChI=1S/C16H22ClN3O3S/c1-12(17)16(21)18-9-14-11-20(13-7-8-19(14)10-13)24(22,23)15-5-3-2-4-6-15/h2-6,12-14H,7-11H2,1H3,(H,18,21). The molecule has 132 valence electrons. The van der Waals surface area contributed by atoms with Crippen molar-refractivity contribution in [1.29, 1.82) is 0 Å². The summed E-state index contributed by atoms with van der Waals surface area (Å²) in [5, 5.41) is 2.22. The molecule has 2 fully saturated rings. The molecule has 6 nitrogen and oxygen atoms in total. The lowest BCUT2D eigenvalue weighted by molar-refractivity contribution is -0.120. The van der Waals surface area contributed by atoms with Crippen molar-refractivity contribution in [3.05, 3.63) is 30.3 Å². The lowest BCUT2D eigenvalue weighted by Crippen LogP contribution is -2.57. The van der Waals surface area contributed by atoms with E-state index in [0.29, 0.717) is 24.5 Å². The van der Waals surface area contributed by atoms with Crippen LogP contribution in [0, 0.1) is 0 Å². The van der Waals surface area contributed by atoms with E-state index in [1.54, 1.807) is 41.6 Å². The molecule has 2 bridgehead atoms. The Morgan fingerprint density at radius 3 is 2.71 bits per heavy atom. The molecule has 24 heavy (non-hydrogen) atoms. The second-order valence-corrected chi connectivity index (χ2v) is 8.89.